The molecule has 2 rings (SSSR count). The summed E-state index contributed by atoms with van der Waals surface area (Å²) in [5.74, 6) is -0.848. The van der Waals surface area contributed by atoms with Crippen molar-refractivity contribution >= 4 is 38.9 Å². The Kier molecular flexibility index (Phi) is 4.57. The molecule has 20 heavy (non-hydrogen) atoms. The van der Waals surface area contributed by atoms with Crippen molar-refractivity contribution in [1.29, 1.82) is 0 Å². The Hall–Kier alpha value is -1.66. The van der Waals surface area contributed by atoms with Crippen LogP contribution >= 0.6 is 27.5 Å². The molecule has 0 saturated heterocycles. The molecule has 0 aliphatic carbocycles. The van der Waals surface area contributed by atoms with E-state index >= 15 is 0 Å². The Morgan fingerprint density at radius 1 is 1.30 bits per heavy atom. The van der Waals surface area contributed by atoms with Crippen molar-refractivity contribution < 1.29 is 9.31 Å². The third-order valence-electron chi connectivity index (χ3n) is 2.62. The fourth-order valence-electron chi connectivity index (χ4n) is 1.64. The second kappa shape index (κ2) is 6.19. The summed E-state index contributed by atoms with van der Waals surface area (Å²) in [6, 6.07) is 9.06. The maximum Gasteiger partial charge on any atom is 0.304 e. The number of nitro groups is 1. The van der Waals surface area contributed by atoms with Crippen molar-refractivity contribution in [3.63, 3.8) is 0 Å². The predicted molar refractivity (Wildman–Crippen MR) is 79.5 cm³/mol. The first-order valence-electron chi connectivity index (χ1n) is 5.59. The van der Waals surface area contributed by atoms with Crippen LogP contribution in [0, 0.1) is 15.9 Å². The highest BCUT2D eigenvalue weighted by atomic mass is 79.9. The molecule has 2 aromatic rings. The van der Waals surface area contributed by atoms with Crippen LogP contribution in [0.1, 0.15) is 5.56 Å². The van der Waals surface area contributed by atoms with E-state index in [1.807, 2.05) is 0 Å². The van der Waals surface area contributed by atoms with Crippen molar-refractivity contribution in [3.05, 3.63) is 67.4 Å². The molecule has 0 aliphatic heterocycles. The first kappa shape index (κ1) is 14.7. The van der Waals surface area contributed by atoms with Crippen LogP contribution in [0.5, 0.6) is 0 Å². The first-order chi connectivity index (χ1) is 9.47. The maximum atomic E-state index is 13.5. The normalized spacial score (nSPS) is 10.3. The molecule has 4 nitrogen and oxygen atoms in total. The van der Waals surface area contributed by atoms with Gasteiger partial charge in [0.15, 0.2) is 0 Å². The number of nitrogens with one attached hydrogen (secondary N) is 1. The van der Waals surface area contributed by atoms with Gasteiger partial charge in [0, 0.05) is 22.1 Å². The Balaban J connectivity index is 2.13. The summed E-state index contributed by atoms with van der Waals surface area (Å²) in [5.41, 5.74) is 0.828. The smallest absolute Gasteiger partial charge is 0.304 e. The number of anilines is 1. The molecule has 0 radical (unpaired) electrons. The summed E-state index contributed by atoms with van der Waals surface area (Å²) in [6.45, 7) is 0.327. The molecule has 0 aromatic heterocycles. The second-order valence-electron chi connectivity index (χ2n) is 4.02. The summed E-state index contributed by atoms with van der Waals surface area (Å²) in [7, 11) is 0. The first-order valence-corrected chi connectivity index (χ1v) is 6.76. The van der Waals surface area contributed by atoms with Gasteiger partial charge in [-0.25, -0.2) is 0 Å². The topological polar surface area (TPSA) is 55.2 Å². The Morgan fingerprint density at radius 3 is 2.70 bits per heavy atom. The molecule has 104 valence electrons. The van der Waals surface area contributed by atoms with Crippen LogP contribution < -0.4 is 5.32 Å². The fourth-order valence-corrected chi connectivity index (χ4v) is 2.20. The lowest BCUT2D eigenvalue weighted by molar-refractivity contribution is -0.387. The molecule has 0 spiro atoms. The van der Waals surface area contributed by atoms with E-state index in [-0.39, 0.29) is 0 Å². The average molecular weight is 360 g/mol. The quantitative estimate of drug-likeness (QED) is 0.632. The Labute approximate surface area is 127 Å². The molecular formula is C13H9BrClFN2O2. The van der Waals surface area contributed by atoms with Crippen molar-refractivity contribution in [2.75, 3.05) is 5.32 Å². The molecule has 0 saturated carbocycles. The van der Waals surface area contributed by atoms with Crippen molar-refractivity contribution in [2.24, 2.45) is 0 Å². The zero-order chi connectivity index (χ0) is 14.7. The van der Waals surface area contributed by atoms with E-state index in [1.165, 1.54) is 6.07 Å². The summed E-state index contributed by atoms with van der Waals surface area (Å²) in [5, 5.41) is 14.2. The van der Waals surface area contributed by atoms with Gasteiger partial charge in [0.1, 0.15) is 0 Å². The highest BCUT2D eigenvalue weighted by Crippen LogP contribution is 2.26. The predicted octanol–water partition coefficient (Wildman–Crippen LogP) is 4.76. The van der Waals surface area contributed by atoms with Gasteiger partial charge in [-0.2, -0.15) is 4.39 Å². The Morgan fingerprint density at radius 2 is 2.05 bits per heavy atom. The van der Waals surface area contributed by atoms with Crippen LogP contribution in [-0.4, -0.2) is 4.92 Å². The number of nitro benzene ring substituents is 1. The monoisotopic (exact) mass is 358 g/mol. The van der Waals surface area contributed by atoms with Gasteiger partial charge < -0.3 is 5.32 Å². The van der Waals surface area contributed by atoms with Crippen molar-refractivity contribution in [1.82, 2.24) is 0 Å². The van der Waals surface area contributed by atoms with Gasteiger partial charge in [-0.3, -0.25) is 10.1 Å². The van der Waals surface area contributed by atoms with E-state index in [9.17, 15) is 14.5 Å². The van der Waals surface area contributed by atoms with Gasteiger partial charge in [0.25, 0.3) is 0 Å². The van der Waals surface area contributed by atoms with Crippen LogP contribution in [0.15, 0.2) is 40.9 Å². The highest BCUT2D eigenvalue weighted by Gasteiger charge is 2.13. The van der Waals surface area contributed by atoms with Crippen LogP contribution in [-0.2, 0) is 6.54 Å². The molecule has 0 aliphatic rings. The highest BCUT2D eigenvalue weighted by molar-refractivity contribution is 9.10. The molecule has 0 fully saturated rings. The van der Waals surface area contributed by atoms with Gasteiger partial charge in [0.2, 0.25) is 5.82 Å². The van der Waals surface area contributed by atoms with E-state index in [4.69, 9.17) is 11.6 Å². The maximum absolute atomic E-state index is 13.5. The summed E-state index contributed by atoms with van der Waals surface area (Å²) in [6.07, 6.45) is 0. The molecule has 2 aromatic carbocycles. The zero-order valence-electron chi connectivity index (χ0n) is 10.1. The molecule has 0 heterocycles. The van der Waals surface area contributed by atoms with Crippen molar-refractivity contribution in [2.45, 2.75) is 6.54 Å². The van der Waals surface area contributed by atoms with E-state index < -0.39 is 16.4 Å². The number of benzene rings is 2. The summed E-state index contributed by atoms with van der Waals surface area (Å²) in [4.78, 5) is 9.77. The van der Waals surface area contributed by atoms with Crippen LogP contribution in [0.4, 0.5) is 15.8 Å². The Bertz CT molecular complexity index is 667. The van der Waals surface area contributed by atoms with Gasteiger partial charge >= 0.3 is 5.69 Å². The molecule has 7 heteroatoms. The summed E-state index contributed by atoms with van der Waals surface area (Å²) >= 11 is 9.25. The molecule has 1 N–H and O–H groups in total. The minimum atomic E-state index is -0.848. The summed E-state index contributed by atoms with van der Waals surface area (Å²) < 4.78 is 14.3. The lowest BCUT2D eigenvalue weighted by Gasteiger charge is -2.09. The number of hydrogen-bond donors (Lipinski definition) is 1. The lowest BCUT2D eigenvalue weighted by Crippen LogP contribution is -2.01. The number of halogens is 3. The van der Waals surface area contributed by atoms with Crippen LogP contribution in [0.25, 0.3) is 0 Å². The van der Waals surface area contributed by atoms with Gasteiger partial charge in [-0.15, -0.1) is 0 Å². The standard InChI is InChI=1S/C13H9BrClFN2O2/c14-10-3-2-9(15)6-12(10)17-7-8-1-4-13(18(19)20)11(16)5-8/h1-6,17H,7H2. The third-order valence-corrected chi connectivity index (χ3v) is 3.55. The fraction of sp³-hybridized carbons (Fsp3) is 0.0769. The van der Waals surface area contributed by atoms with Crippen molar-refractivity contribution in [3.8, 4) is 0 Å². The number of nitrogens with zero attached hydrogens (tertiary/aromatic N) is 1. The molecule has 0 bridgehead atoms. The van der Waals surface area contributed by atoms with Gasteiger partial charge in [-0.05, 0) is 45.8 Å². The minimum absolute atomic E-state index is 0.327. The SMILES string of the molecule is O=[N+]([O-])c1ccc(CNc2cc(Cl)ccc2Br)cc1F. The van der Waals surface area contributed by atoms with E-state index in [0.717, 1.165) is 22.3 Å². The molecule has 0 amide bonds. The van der Waals surface area contributed by atoms with E-state index in [2.05, 4.69) is 21.2 Å². The average Bonchev–Trinajstić information content (AvgIpc) is 2.39. The van der Waals surface area contributed by atoms with Crippen LogP contribution in [0.2, 0.25) is 5.02 Å². The van der Waals surface area contributed by atoms with Gasteiger partial charge in [0.05, 0.1) is 10.6 Å². The van der Waals surface area contributed by atoms with E-state index in [0.29, 0.717) is 17.1 Å². The largest absolute Gasteiger partial charge is 0.380 e. The molecule has 0 unspecified atom stereocenters. The minimum Gasteiger partial charge on any atom is -0.380 e. The molecule has 0 atom stereocenters. The number of rotatable bonds is 4. The van der Waals surface area contributed by atoms with E-state index in [1.54, 1.807) is 18.2 Å². The number of hydrogen-bond acceptors (Lipinski definition) is 3. The second-order valence-corrected chi connectivity index (χ2v) is 5.31. The third kappa shape index (κ3) is 3.46. The van der Waals surface area contributed by atoms with Gasteiger partial charge in [-0.1, -0.05) is 17.7 Å². The van der Waals surface area contributed by atoms with Crippen LogP contribution in [0.3, 0.4) is 0 Å². The zero-order valence-corrected chi connectivity index (χ0v) is 12.4. The lowest BCUT2D eigenvalue weighted by atomic mass is 10.2. The molecular weight excluding hydrogens is 351 g/mol.